The second-order valence-electron chi connectivity index (χ2n) is 18.9. The number of nitrogens with zero attached hydrogens (tertiary/aromatic N) is 2. The molecular formula is C51H53AuN2O. The number of pyridine rings is 1. The molecule has 0 spiro atoms. The molecule has 0 saturated heterocycles. The molecule has 0 saturated carbocycles. The van der Waals surface area contributed by atoms with Gasteiger partial charge in [0.15, 0.2) is 0 Å². The van der Waals surface area contributed by atoms with Gasteiger partial charge in [0, 0.05) is 5.69 Å². The fourth-order valence-electron chi connectivity index (χ4n) is 6.85. The molecule has 2 heterocycles. The van der Waals surface area contributed by atoms with E-state index < -0.39 is 0 Å². The van der Waals surface area contributed by atoms with Crippen molar-refractivity contribution in [3.05, 3.63) is 138 Å². The SMILES string of the molecule is CC(C)(C)c1c[c-]c(-c2[c-]c(-c3cccc(Oc4cc(C(C)(C)C)cc5c4[n-]c4ccc(C(C)(C)C)cc45)n3)cc(-c3ccc(C(C)(C)C)cc3)c2)cc1.[Au+3]. The van der Waals surface area contributed by atoms with Gasteiger partial charge < -0.3 is 9.72 Å². The van der Waals surface area contributed by atoms with Gasteiger partial charge in [-0.2, -0.15) is 35.9 Å². The Kier molecular flexibility index (Phi) is 10.7. The molecule has 0 fully saturated rings. The Labute approximate surface area is 344 Å². The number of ether oxygens (including phenoxy) is 1. The molecule has 0 radical (unpaired) electrons. The van der Waals surface area contributed by atoms with E-state index in [2.05, 4.69) is 180 Å². The number of fused-ring (bicyclic) bond motifs is 3. The molecule has 0 unspecified atom stereocenters. The van der Waals surface area contributed by atoms with Crippen molar-refractivity contribution in [2.75, 3.05) is 0 Å². The number of aromatic nitrogens is 2. The van der Waals surface area contributed by atoms with Crippen LogP contribution in [-0.2, 0) is 44.0 Å². The zero-order valence-electron chi connectivity index (χ0n) is 34.4. The number of hydrogen-bond acceptors (Lipinski definition) is 2. The average Bonchev–Trinajstić information content (AvgIpc) is 3.49. The Morgan fingerprint density at radius 1 is 0.527 bits per heavy atom. The molecule has 3 nitrogen and oxygen atoms in total. The van der Waals surface area contributed by atoms with Crippen molar-refractivity contribution in [2.24, 2.45) is 0 Å². The van der Waals surface area contributed by atoms with Crippen molar-refractivity contribution >= 4 is 21.8 Å². The van der Waals surface area contributed by atoms with Gasteiger partial charge >= 0.3 is 22.4 Å². The van der Waals surface area contributed by atoms with Crippen LogP contribution in [0.1, 0.15) is 105 Å². The second-order valence-corrected chi connectivity index (χ2v) is 18.9. The van der Waals surface area contributed by atoms with Crippen LogP contribution in [-0.4, -0.2) is 4.98 Å². The van der Waals surface area contributed by atoms with E-state index in [4.69, 9.17) is 14.7 Å². The molecule has 0 aliphatic carbocycles. The summed E-state index contributed by atoms with van der Waals surface area (Å²) in [5, 5.41) is 2.25. The predicted octanol–water partition coefficient (Wildman–Crippen LogP) is 13.9. The van der Waals surface area contributed by atoms with Crippen molar-refractivity contribution < 1.29 is 27.1 Å². The number of rotatable bonds is 5. The van der Waals surface area contributed by atoms with Crippen LogP contribution in [0.25, 0.3) is 55.3 Å². The third-order valence-corrected chi connectivity index (χ3v) is 10.5. The van der Waals surface area contributed by atoms with Crippen LogP contribution in [0.5, 0.6) is 11.6 Å². The van der Waals surface area contributed by atoms with E-state index in [0.717, 1.165) is 55.3 Å². The standard InChI is InChI=1S/C51H53N2O.Au/c1-48(2,3)37-20-16-32(17-21-37)34-26-35(33-18-22-38(23-19-33)49(4,5)6)28-36(27-34)43-14-13-15-46(52-43)54-45-31-40(51(10,11)12)30-42-41-29-39(50(7,8)9)24-25-44(41)53-47(42)45;/h13-18,20-27,29-31H,1-12H3;/q-3;+3. The summed E-state index contributed by atoms with van der Waals surface area (Å²) in [7, 11) is 0. The number of hydrogen-bond donors (Lipinski definition) is 0. The summed E-state index contributed by atoms with van der Waals surface area (Å²) >= 11 is 0. The van der Waals surface area contributed by atoms with Gasteiger partial charge in [-0.3, -0.25) is 4.98 Å². The summed E-state index contributed by atoms with van der Waals surface area (Å²) < 4.78 is 6.74. The molecule has 4 heteroatoms. The van der Waals surface area contributed by atoms with Crippen molar-refractivity contribution in [1.29, 1.82) is 0 Å². The van der Waals surface area contributed by atoms with Crippen LogP contribution in [0.3, 0.4) is 0 Å². The first-order valence-electron chi connectivity index (χ1n) is 19.2. The molecule has 0 aliphatic heterocycles. The molecule has 5 aromatic carbocycles. The van der Waals surface area contributed by atoms with E-state index in [0.29, 0.717) is 11.6 Å². The molecule has 2 aromatic heterocycles. The summed E-state index contributed by atoms with van der Waals surface area (Å²) in [4.78, 5) is 10.2. The maximum Gasteiger partial charge on any atom is 3.00 e. The molecule has 0 atom stereocenters. The average molecular weight is 907 g/mol. The van der Waals surface area contributed by atoms with Gasteiger partial charge in [0.2, 0.25) is 5.88 Å². The fourth-order valence-corrected chi connectivity index (χ4v) is 6.85. The Bertz CT molecular complexity index is 2400. The van der Waals surface area contributed by atoms with Gasteiger partial charge in [-0.25, -0.2) is 5.56 Å². The van der Waals surface area contributed by atoms with E-state index in [1.165, 1.54) is 22.3 Å². The maximum absolute atomic E-state index is 6.74. The first-order valence-corrected chi connectivity index (χ1v) is 19.2. The number of benzene rings is 5. The van der Waals surface area contributed by atoms with Crippen molar-refractivity contribution in [3.63, 3.8) is 0 Å². The quantitative estimate of drug-likeness (QED) is 0.128. The fraction of sp³-hybridized carbons (Fsp3) is 0.314. The van der Waals surface area contributed by atoms with E-state index in [9.17, 15) is 0 Å². The molecule has 0 bridgehead atoms. The van der Waals surface area contributed by atoms with Crippen LogP contribution < -0.4 is 9.72 Å². The molecule has 7 rings (SSSR count). The normalized spacial score (nSPS) is 12.6. The van der Waals surface area contributed by atoms with Crippen LogP contribution in [0.4, 0.5) is 0 Å². The topological polar surface area (TPSA) is 36.2 Å². The van der Waals surface area contributed by atoms with Crippen LogP contribution in [0.2, 0.25) is 0 Å². The monoisotopic (exact) mass is 906 g/mol. The summed E-state index contributed by atoms with van der Waals surface area (Å²) in [5.41, 5.74) is 12.8. The van der Waals surface area contributed by atoms with Gasteiger partial charge in [0.1, 0.15) is 5.75 Å². The molecule has 7 aromatic rings. The zero-order chi connectivity index (χ0) is 38.8. The van der Waals surface area contributed by atoms with Crippen molar-refractivity contribution in [2.45, 2.75) is 105 Å². The first kappa shape index (κ1) is 40.3. The molecule has 0 N–H and O–H groups in total. The van der Waals surface area contributed by atoms with Crippen LogP contribution >= 0.6 is 0 Å². The largest absolute Gasteiger partial charge is 3.00 e. The van der Waals surface area contributed by atoms with E-state index in [1.807, 2.05) is 18.2 Å². The zero-order valence-corrected chi connectivity index (χ0v) is 36.6. The van der Waals surface area contributed by atoms with Gasteiger partial charge in [-0.05, 0) is 66.8 Å². The molecule has 0 aliphatic rings. The minimum absolute atomic E-state index is 0. The summed E-state index contributed by atoms with van der Waals surface area (Å²) in [6, 6.07) is 44.1. The molecule has 0 amide bonds. The minimum Gasteiger partial charge on any atom is -0.654 e. The van der Waals surface area contributed by atoms with E-state index in [1.54, 1.807) is 0 Å². The third-order valence-electron chi connectivity index (χ3n) is 10.5. The van der Waals surface area contributed by atoms with Gasteiger partial charge in [0.25, 0.3) is 0 Å². The summed E-state index contributed by atoms with van der Waals surface area (Å²) in [6.45, 7) is 26.9. The van der Waals surface area contributed by atoms with E-state index in [-0.39, 0.29) is 44.0 Å². The smallest absolute Gasteiger partial charge is 0.654 e. The van der Waals surface area contributed by atoms with E-state index >= 15 is 0 Å². The van der Waals surface area contributed by atoms with Crippen LogP contribution in [0, 0.1) is 12.1 Å². The van der Waals surface area contributed by atoms with Gasteiger partial charge in [-0.1, -0.05) is 155 Å². The summed E-state index contributed by atoms with van der Waals surface area (Å²) in [5.74, 6) is 1.22. The third kappa shape index (κ3) is 8.55. The first-order chi connectivity index (χ1) is 25.2. The molecular weight excluding hydrogens is 854 g/mol. The molecule has 55 heavy (non-hydrogen) atoms. The second kappa shape index (κ2) is 14.6. The summed E-state index contributed by atoms with van der Waals surface area (Å²) in [6.07, 6.45) is 0. The Hall–Kier alpha value is -4.41. The maximum atomic E-state index is 6.74. The predicted molar refractivity (Wildman–Crippen MR) is 228 cm³/mol. The van der Waals surface area contributed by atoms with Gasteiger partial charge in [0.05, 0.1) is 0 Å². The Morgan fingerprint density at radius 2 is 1.13 bits per heavy atom. The van der Waals surface area contributed by atoms with Crippen molar-refractivity contribution in [1.82, 2.24) is 9.97 Å². The van der Waals surface area contributed by atoms with Gasteiger partial charge in [-0.15, -0.1) is 28.8 Å². The Morgan fingerprint density at radius 3 is 1.75 bits per heavy atom. The molecule has 284 valence electrons. The Balaban J connectivity index is 0.00000514. The van der Waals surface area contributed by atoms with Crippen molar-refractivity contribution in [3.8, 4) is 45.1 Å². The van der Waals surface area contributed by atoms with Crippen LogP contribution in [0.15, 0.2) is 103 Å². The minimum atomic E-state index is -0.0915.